The van der Waals surface area contributed by atoms with E-state index in [0.717, 1.165) is 27.1 Å². The molecule has 0 spiro atoms. The Kier molecular flexibility index (Phi) is 5.01. The first-order valence-corrected chi connectivity index (χ1v) is 9.45. The molecular formula is C21H24N2O2S. The molecule has 0 aliphatic rings. The summed E-state index contributed by atoms with van der Waals surface area (Å²) in [7, 11) is 0. The first kappa shape index (κ1) is 18.4. The highest BCUT2D eigenvalue weighted by atomic mass is 32.1. The highest BCUT2D eigenvalue weighted by molar-refractivity contribution is 7.22. The molecule has 0 radical (unpaired) electrons. The van der Waals surface area contributed by atoms with Crippen molar-refractivity contribution in [2.75, 3.05) is 11.9 Å². The van der Waals surface area contributed by atoms with E-state index in [0.29, 0.717) is 5.13 Å². The van der Waals surface area contributed by atoms with Gasteiger partial charge in [0.25, 0.3) is 5.91 Å². The molecular weight excluding hydrogens is 344 g/mol. The lowest BCUT2D eigenvalue weighted by atomic mass is 9.87. The normalized spacial score (nSPS) is 11.6. The second-order valence-corrected chi connectivity index (χ2v) is 8.59. The van der Waals surface area contributed by atoms with Crippen LogP contribution >= 0.6 is 11.3 Å². The third-order valence-corrected chi connectivity index (χ3v) is 5.14. The van der Waals surface area contributed by atoms with Crippen molar-refractivity contribution in [3.05, 3.63) is 53.1 Å². The Labute approximate surface area is 158 Å². The maximum absolute atomic E-state index is 12.2. The first-order valence-electron chi connectivity index (χ1n) is 8.63. The smallest absolute Gasteiger partial charge is 0.264 e. The summed E-state index contributed by atoms with van der Waals surface area (Å²) in [4.78, 5) is 16.7. The fraction of sp³-hybridized carbons (Fsp3) is 0.333. The fourth-order valence-corrected chi connectivity index (χ4v) is 3.53. The molecule has 0 fully saturated rings. The minimum absolute atomic E-state index is 0.0343. The van der Waals surface area contributed by atoms with Crippen molar-refractivity contribution in [1.29, 1.82) is 0 Å². The van der Waals surface area contributed by atoms with E-state index >= 15 is 0 Å². The topological polar surface area (TPSA) is 51.2 Å². The van der Waals surface area contributed by atoms with E-state index in [1.807, 2.05) is 38.1 Å². The Morgan fingerprint density at radius 3 is 2.65 bits per heavy atom. The summed E-state index contributed by atoms with van der Waals surface area (Å²) in [6.07, 6.45) is 0. The summed E-state index contributed by atoms with van der Waals surface area (Å²) in [6.45, 7) is 10.5. The predicted molar refractivity (Wildman–Crippen MR) is 108 cm³/mol. The van der Waals surface area contributed by atoms with E-state index in [-0.39, 0.29) is 17.9 Å². The van der Waals surface area contributed by atoms with Crippen LogP contribution in [-0.4, -0.2) is 17.5 Å². The number of aromatic nitrogens is 1. The van der Waals surface area contributed by atoms with Gasteiger partial charge in [-0.25, -0.2) is 4.98 Å². The van der Waals surface area contributed by atoms with Crippen LogP contribution in [0.15, 0.2) is 36.4 Å². The number of carbonyl (C=O) groups excluding carboxylic acids is 1. The van der Waals surface area contributed by atoms with Gasteiger partial charge in [0.2, 0.25) is 0 Å². The Hall–Kier alpha value is -2.40. The molecule has 136 valence electrons. The summed E-state index contributed by atoms with van der Waals surface area (Å²) < 4.78 is 6.73. The molecule has 0 saturated heterocycles. The molecule has 26 heavy (non-hydrogen) atoms. The van der Waals surface area contributed by atoms with Gasteiger partial charge in [0.15, 0.2) is 11.7 Å². The molecule has 3 rings (SSSR count). The number of amides is 1. The number of aryl methyl sites for hydroxylation is 2. The molecule has 0 unspecified atom stereocenters. The standard InChI is InChI=1S/C21H24N2O2S/c1-13-6-7-14(2)17(10-13)25-12-19(24)23-20-22-16-9-8-15(21(3,4)5)11-18(16)26-20/h6-11H,12H2,1-5H3,(H,22,23,24). The molecule has 1 amide bonds. The highest BCUT2D eigenvalue weighted by Gasteiger charge is 2.16. The molecule has 2 aromatic carbocycles. The molecule has 1 heterocycles. The fourth-order valence-electron chi connectivity index (χ4n) is 2.61. The van der Waals surface area contributed by atoms with Crippen molar-refractivity contribution in [1.82, 2.24) is 4.98 Å². The Bertz CT molecular complexity index is 954. The number of fused-ring (bicyclic) bond motifs is 1. The quantitative estimate of drug-likeness (QED) is 0.686. The highest BCUT2D eigenvalue weighted by Crippen LogP contribution is 2.31. The number of benzene rings is 2. The van der Waals surface area contributed by atoms with Crippen molar-refractivity contribution < 1.29 is 9.53 Å². The maximum atomic E-state index is 12.2. The number of hydrogen-bond donors (Lipinski definition) is 1. The van der Waals surface area contributed by atoms with Crippen molar-refractivity contribution in [2.45, 2.75) is 40.0 Å². The largest absolute Gasteiger partial charge is 0.483 e. The number of anilines is 1. The minimum Gasteiger partial charge on any atom is -0.483 e. The van der Waals surface area contributed by atoms with Crippen molar-refractivity contribution in [3.8, 4) is 5.75 Å². The molecule has 3 aromatic rings. The molecule has 0 bridgehead atoms. The van der Waals surface area contributed by atoms with Gasteiger partial charge >= 0.3 is 0 Å². The van der Waals surface area contributed by atoms with Crippen LogP contribution in [0, 0.1) is 13.8 Å². The lowest BCUT2D eigenvalue weighted by Gasteiger charge is -2.18. The van der Waals surface area contributed by atoms with Gasteiger partial charge in [-0.1, -0.05) is 50.3 Å². The van der Waals surface area contributed by atoms with Gasteiger partial charge in [-0.3, -0.25) is 10.1 Å². The maximum Gasteiger partial charge on any atom is 0.264 e. The van der Waals surface area contributed by atoms with Crippen LogP contribution < -0.4 is 10.1 Å². The van der Waals surface area contributed by atoms with Crippen LogP contribution in [0.4, 0.5) is 5.13 Å². The lowest BCUT2D eigenvalue weighted by Crippen LogP contribution is -2.20. The average molecular weight is 369 g/mol. The molecule has 0 aliphatic heterocycles. The zero-order valence-electron chi connectivity index (χ0n) is 15.8. The molecule has 4 nitrogen and oxygen atoms in total. The van der Waals surface area contributed by atoms with Gasteiger partial charge < -0.3 is 4.74 Å². The van der Waals surface area contributed by atoms with Gasteiger partial charge in [0.05, 0.1) is 10.2 Å². The molecule has 5 heteroatoms. The number of hydrogen-bond acceptors (Lipinski definition) is 4. The number of carbonyl (C=O) groups is 1. The van der Waals surface area contributed by atoms with E-state index in [1.54, 1.807) is 0 Å². The van der Waals surface area contributed by atoms with Gasteiger partial charge in [-0.15, -0.1) is 0 Å². The molecule has 0 aliphatic carbocycles. The predicted octanol–water partition coefficient (Wildman–Crippen LogP) is 5.23. The number of nitrogens with one attached hydrogen (secondary N) is 1. The zero-order chi connectivity index (χ0) is 18.9. The Morgan fingerprint density at radius 2 is 1.92 bits per heavy atom. The summed E-state index contributed by atoms with van der Waals surface area (Å²) in [5, 5.41) is 3.44. The average Bonchev–Trinajstić information content (AvgIpc) is 2.96. The van der Waals surface area contributed by atoms with Gasteiger partial charge in [0, 0.05) is 0 Å². The number of thiazole rings is 1. The van der Waals surface area contributed by atoms with Gasteiger partial charge in [-0.2, -0.15) is 0 Å². The number of ether oxygens (including phenoxy) is 1. The second kappa shape index (κ2) is 7.08. The second-order valence-electron chi connectivity index (χ2n) is 7.56. The Morgan fingerprint density at radius 1 is 1.15 bits per heavy atom. The summed E-state index contributed by atoms with van der Waals surface area (Å²) >= 11 is 1.48. The molecule has 1 aromatic heterocycles. The van der Waals surface area contributed by atoms with Gasteiger partial charge in [0.1, 0.15) is 5.75 Å². The zero-order valence-corrected chi connectivity index (χ0v) is 16.7. The van der Waals surface area contributed by atoms with E-state index in [2.05, 4.69) is 43.2 Å². The molecule has 1 N–H and O–H groups in total. The van der Waals surface area contributed by atoms with Crippen molar-refractivity contribution in [3.63, 3.8) is 0 Å². The van der Waals surface area contributed by atoms with E-state index in [1.165, 1.54) is 16.9 Å². The first-order chi connectivity index (χ1) is 12.2. The minimum atomic E-state index is -0.207. The van der Waals surface area contributed by atoms with Crippen LogP contribution in [0.5, 0.6) is 5.75 Å². The van der Waals surface area contributed by atoms with E-state index in [4.69, 9.17) is 4.74 Å². The summed E-state index contributed by atoms with van der Waals surface area (Å²) in [5.74, 6) is 0.528. The molecule has 0 saturated carbocycles. The number of rotatable bonds is 4. The van der Waals surface area contributed by atoms with Crippen molar-refractivity contribution in [2.24, 2.45) is 0 Å². The van der Waals surface area contributed by atoms with Crippen LogP contribution in [0.2, 0.25) is 0 Å². The SMILES string of the molecule is Cc1ccc(C)c(OCC(=O)Nc2nc3ccc(C(C)(C)C)cc3s2)c1. The summed E-state index contributed by atoms with van der Waals surface area (Å²) in [6, 6.07) is 12.2. The third kappa shape index (κ3) is 4.22. The van der Waals surface area contributed by atoms with Crippen LogP contribution in [0.1, 0.15) is 37.5 Å². The van der Waals surface area contributed by atoms with Crippen molar-refractivity contribution >= 4 is 32.6 Å². The van der Waals surface area contributed by atoms with Gasteiger partial charge in [-0.05, 0) is 54.2 Å². The van der Waals surface area contributed by atoms with Crippen LogP contribution in [0.3, 0.4) is 0 Å². The van der Waals surface area contributed by atoms with Crippen LogP contribution in [0.25, 0.3) is 10.2 Å². The lowest BCUT2D eigenvalue weighted by molar-refractivity contribution is -0.118. The van der Waals surface area contributed by atoms with E-state index < -0.39 is 0 Å². The summed E-state index contributed by atoms with van der Waals surface area (Å²) in [5.41, 5.74) is 4.35. The van der Waals surface area contributed by atoms with Crippen LogP contribution in [-0.2, 0) is 10.2 Å². The molecule has 0 atom stereocenters. The third-order valence-electron chi connectivity index (χ3n) is 4.20. The Balaban J connectivity index is 1.68. The monoisotopic (exact) mass is 368 g/mol. The van der Waals surface area contributed by atoms with E-state index in [9.17, 15) is 4.79 Å². The number of nitrogens with zero attached hydrogens (tertiary/aromatic N) is 1.